The van der Waals surface area contributed by atoms with E-state index in [4.69, 9.17) is 23.2 Å². The molecule has 0 aliphatic heterocycles. The van der Waals surface area contributed by atoms with Gasteiger partial charge in [-0.3, -0.25) is 0 Å². The molecule has 1 heterocycles. The third-order valence-electron chi connectivity index (χ3n) is 3.34. The zero-order valence-corrected chi connectivity index (χ0v) is 12.1. The third-order valence-corrected chi connectivity index (χ3v) is 4.18. The van der Waals surface area contributed by atoms with Gasteiger partial charge in [0.05, 0.1) is 12.1 Å². The monoisotopic (exact) mass is 285 g/mol. The van der Waals surface area contributed by atoms with Crippen molar-refractivity contribution in [2.24, 2.45) is 0 Å². The second-order valence-corrected chi connectivity index (χ2v) is 5.27. The maximum atomic E-state index is 9.48. The number of rotatable bonds is 4. The first-order valence-electron chi connectivity index (χ1n) is 6.18. The Morgan fingerprint density at radius 3 is 2.61 bits per heavy atom. The first-order chi connectivity index (χ1) is 8.61. The van der Waals surface area contributed by atoms with E-state index >= 15 is 0 Å². The standard InChI is InChI=1S/C14H17Cl2NO/c1-3-4-7-17-13-9(2)12(15)6-5-10(13)11(8-18)14(17)16/h5-6,18H,3-4,7-8H2,1-2H3. The minimum Gasteiger partial charge on any atom is -0.392 e. The summed E-state index contributed by atoms with van der Waals surface area (Å²) in [4.78, 5) is 0. The summed E-state index contributed by atoms with van der Waals surface area (Å²) in [5, 5.41) is 11.9. The summed E-state index contributed by atoms with van der Waals surface area (Å²) in [6.07, 6.45) is 2.16. The van der Waals surface area contributed by atoms with Crippen LogP contribution in [0, 0.1) is 6.92 Å². The van der Waals surface area contributed by atoms with Gasteiger partial charge in [-0.15, -0.1) is 0 Å². The fourth-order valence-corrected chi connectivity index (χ4v) is 2.80. The summed E-state index contributed by atoms with van der Waals surface area (Å²) in [6, 6.07) is 3.80. The molecule has 98 valence electrons. The molecule has 1 aromatic carbocycles. The largest absolute Gasteiger partial charge is 0.392 e. The van der Waals surface area contributed by atoms with Crippen LogP contribution in [-0.4, -0.2) is 9.67 Å². The molecule has 1 aromatic heterocycles. The summed E-state index contributed by atoms with van der Waals surface area (Å²) < 4.78 is 2.06. The van der Waals surface area contributed by atoms with Gasteiger partial charge in [-0.1, -0.05) is 42.6 Å². The van der Waals surface area contributed by atoms with Crippen molar-refractivity contribution in [2.75, 3.05) is 0 Å². The maximum absolute atomic E-state index is 9.48. The lowest BCUT2D eigenvalue weighted by Crippen LogP contribution is -1.99. The summed E-state index contributed by atoms with van der Waals surface area (Å²) in [7, 11) is 0. The van der Waals surface area contributed by atoms with Crippen molar-refractivity contribution >= 4 is 34.1 Å². The summed E-state index contributed by atoms with van der Waals surface area (Å²) in [5.41, 5.74) is 2.86. The zero-order chi connectivity index (χ0) is 13.3. The summed E-state index contributed by atoms with van der Waals surface area (Å²) in [6.45, 7) is 4.94. The molecule has 2 nitrogen and oxygen atoms in total. The molecule has 0 saturated heterocycles. The average Bonchev–Trinajstić information content (AvgIpc) is 2.64. The molecule has 0 spiro atoms. The van der Waals surface area contributed by atoms with Crippen LogP contribution in [0.3, 0.4) is 0 Å². The molecule has 18 heavy (non-hydrogen) atoms. The molecule has 2 aromatic rings. The van der Waals surface area contributed by atoms with E-state index in [2.05, 4.69) is 11.5 Å². The van der Waals surface area contributed by atoms with Gasteiger partial charge < -0.3 is 9.67 Å². The minimum atomic E-state index is -0.0461. The van der Waals surface area contributed by atoms with Crippen LogP contribution in [0.5, 0.6) is 0 Å². The Morgan fingerprint density at radius 2 is 2.00 bits per heavy atom. The van der Waals surface area contributed by atoms with Crippen molar-refractivity contribution in [3.63, 3.8) is 0 Å². The van der Waals surface area contributed by atoms with Crippen LogP contribution in [0.25, 0.3) is 10.9 Å². The van der Waals surface area contributed by atoms with Crippen molar-refractivity contribution < 1.29 is 5.11 Å². The number of nitrogens with zero attached hydrogens (tertiary/aromatic N) is 1. The second-order valence-electron chi connectivity index (χ2n) is 4.50. The van der Waals surface area contributed by atoms with Gasteiger partial charge in [0.2, 0.25) is 0 Å². The molecule has 0 amide bonds. The van der Waals surface area contributed by atoms with Crippen LogP contribution in [-0.2, 0) is 13.2 Å². The van der Waals surface area contributed by atoms with Gasteiger partial charge in [-0.2, -0.15) is 0 Å². The third kappa shape index (κ3) is 2.13. The van der Waals surface area contributed by atoms with Gasteiger partial charge >= 0.3 is 0 Å². The molecule has 0 unspecified atom stereocenters. The molecular weight excluding hydrogens is 269 g/mol. The first kappa shape index (κ1) is 13.7. The Bertz CT molecular complexity index is 575. The highest BCUT2D eigenvalue weighted by molar-refractivity contribution is 6.34. The Labute approximate surface area is 117 Å². The van der Waals surface area contributed by atoms with E-state index in [1.165, 1.54) is 0 Å². The fraction of sp³-hybridized carbons (Fsp3) is 0.429. The zero-order valence-electron chi connectivity index (χ0n) is 10.6. The van der Waals surface area contributed by atoms with Crippen LogP contribution in [0.15, 0.2) is 12.1 Å². The minimum absolute atomic E-state index is 0.0461. The molecule has 0 radical (unpaired) electrons. The second kappa shape index (κ2) is 5.52. The molecule has 1 N–H and O–H groups in total. The van der Waals surface area contributed by atoms with Gasteiger partial charge in [0.1, 0.15) is 5.15 Å². The Morgan fingerprint density at radius 1 is 1.28 bits per heavy atom. The molecular formula is C14H17Cl2NO. The van der Waals surface area contributed by atoms with E-state index in [1.54, 1.807) is 0 Å². The van der Waals surface area contributed by atoms with Gasteiger partial charge in [0.15, 0.2) is 0 Å². The number of aryl methyl sites for hydroxylation is 2. The molecule has 0 bridgehead atoms. The van der Waals surface area contributed by atoms with Crippen LogP contribution in [0.2, 0.25) is 10.2 Å². The number of unbranched alkanes of at least 4 members (excludes halogenated alkanes) is 1. The van der Waals surface area contributed by atoms with Crippen molar-refractivity contribution in [3.8, 4) is 0 Å². The molecule has 4 heteroatoms. The highest BCUT2D eigenvalue weighted by Crippen LogP contribution is 2.35. The number of hydrogen-bond donors (Lipinski definition) is 1. The molecule has 0 aliphatic rings. The SMILES string of the molecule is CCCCn1c(Cl)c(CO)c2ccc(Cl)c(C)c21. The predicted octanol–water partition coefficient (Wildman–Crippen LogP) is 4.55. The lowest BCUT2D eigenvalue weighted by molar-refractivity contribution is 0.283. The Kier molecular flexibility index (Phi) is 4.21. The van der Waals surface area contributed by atoms with Crippen LogP contribution in [0.1, 0.15) is 30.9 Å². The van der Waals surface area contributed by atoms with E-state index < -0.39 is 0 Å². The number of aliphatic hydroxyl groups is 1. The van der Waals surface area contributed by atoms with E-state index in [9.17, 15) is 5.11 Å². The highest BCUT2D eigenvalue weighted by atomic mass is 35.5. The summed E-state index contributed by atoms with van der Waals surface area (Å²) in [5.74, 6) is 0. The summed E-state index contributed by atoms with van der Waals surface area (Å²) >= 11 is 12.6. The van der Waals surface area contributed by atoms with Gasteiger partial charge in [-0.25, -0.2) is 0 Å². The van der Waals surface area contributed by atoms with E-state index in [0.29, 0.717) is 5.15 Å². The lowest BCUT2D eigenvalue weighted by Gasteiger charge is -2.09. The number of benzene rings is 1. The number of hydrogen-bond acceptors (Lipinski definition) is 1. The topological polar surface area (TPSA) is 25.2 Å². The van der Waals surface area contributed by atoms with Crippen LogP contribution >= 0.6 is 23.2 Å². The molecule has 0 saturated carbocycles. The van der Waals surface area contributed by atoms with Crippen molar-refractivity contribution in [1.29, 1.82) is 0 Å². The first-order valence-corrected chi connectivity index (χ1v) is 6.93. The lowest BCUT2D eigenvalue weighted by atomic mass is 10.1. The number of halogens is 2. The quantitative estimate of drug-likeness (QED) is 0.876. The molecule has 0 atom stereocenters. The smallest absolute Gasteiger partial charge is 0.115 e. The molecule has 0 aliphatic carbocycles. The number of fused-ring (bicyclic) bond motifs is 1. The predicted molar refractivity (Wildman–Crippen MR) is 77.5 cm³/mol. The van der Waals surface area contributed by atoms with Crippen LogP contribution in [0.4, 0.5) is 0 Å². The van der Waals surface area contributed by atoms with Crippen molar-refractivity contribution in [1.82, 2.24) is 4.57 Å². The fourth-order valence-electron chi connectivity index (χ4n) is 2.32. The Balaban J connectivity index is 2.73. The van der Waals surface area contributed by atoms with E-state index in [1.807, 2.05) is 19.1 Å². The van der Waals surface area contributed by atoms with Crippen molar-refractivity contribution in [2.45, 2.75) is 39.8 Å². The normalized spacial score (nSPS) is 11.4. The van der Waals surface area contributed by atoms with E-state index in [-0.39, 0.29) is 6.61 Å². The van der Waals surface area contributed by atoms with E-state index in [0.717, 1.165) is 46.4 Å². The van der Waals surface area contributed by atoms with Gasteiger partial charge in [0, 0.05) is 22.5 Å². The molecule has 0 fully saturated rings. The van der Waals surface area contributed by atoms with Crippen LogP contribution < -0.4 is 0 Å². The number of aliphatic hydroxyl groups excluding tert-OH is 1. The van der Waals surface area contributed by atoms with Crippen molar-refractivity contribution in [3.05, 3.63) is 33.4 Å². The maximum Gasteiger partial charge on any atom is 0.115 e. The van der Waals surface area contributed by atoms with Gasteiger partial charge in [-0.05, 0) is 25.0 Å². The molecule has 2 rings (SSSR count). The van der Waals surface area contributed by atoms with Gasteiger partial charge in [0.25, 0.3) is 0 Å². The highest BCUT2D eigenvalue weighted by Gasteiger charge is 2.17. The average molecular weight is 286 g/mol. The number of aromatic nitrogens is 1. The Hall–Kier alpha value is -0.700.